The van der Waals surface area contributed by atoms with Gasteiger partial charge in [0.05, 0.1) is 5.56 Å². The van der Waals surface area contributed by atoms with Gasteiger partial charge >= 0.3 is 0 Å². The van der Waals surface area contributed by atoms with E-state index in [1.807, 2.05) is 30.3 Å². The molecular formula is C16H10FNOS. The van der Waals surface area contributed by atoms with Gasteiger partial charge in [0, 0.05) is 10.9 Å². The lowest BCUT2D eigenvalue weighted by Crippen LogP contribution is -2.04. The molecule has 0 radical (unpaired) electrons. The molecule has 2 nitrogen and oxygen atoms in total. The SMILES string of the molecule is O=C(c1csc(-c2ccccc2)n1)c1ccccc1F. The van der Waals surface area contributed by atoms with Gasteiger partial charge in [-0.2, -0.15) is 0 Å². The molecule has 0 atom stereocenters. The molecular weight excluding hydrogens is 273 g/mol. The molecule has 0 spiro atoms. The molecule has 0 N–H and O–H groups in total. The van der Waals surface area contributed by atoms with Crippen LogP contribution < -0.4 is 0 Å². The monoisotopic (exact) mass is 283 g/mol. The number of aromatic nitrogens is 1. The molecule has 0 saturated heterocycles. The summed E-state index contributed by atoms with van der Waals surface area (Å²) in [5.74, 6) is -0.909. The Labute approximate surface area is 119 Å². The predicted octanol–water partition coefficient (Wildman–Crippen LogP) is 4.18. The van der Waals surface area contributed by atoms with Crippen LogP contribution in [0.4, 0.5) is 4.39 Å². The Bertz CT molecular complexity index is 752. The first kappa shape index (κ1) is 12.7. The van der Waals surface area contributed by atoms with Gasteiger partial charge in [-0.05, 0) is 12.1 Å². The van der Waals surface area contributed by atoms with Gasteiger partial charge in [-0.25, -0.2) is 9.37 Å². The third-order valence-electron chi connectivity index (χ3n) is 2.88. The minimum atomic E-state index is -0.522. The van der Waals surface area contributed by atoms with E-state index < -0.39 is 5.82 Å². The van der Waals surface area contributed by atoms with Crippen LogP contribution in [0.3, 0.4) is 0 Å². The molecule has 0 aliphatic rings. The number of hydrogen-bond donors (Lipinski definition) is 0. The normalized spacial score (nSPS) is 10.4. The Morgan fingerprint density at radius 3 is 2.45 bits per heavy atom. The first-order valence-electron chi connectivity index (χ1n) is 6.06. The lowest BCUT2D eigenvalue weighted by molar-refractivity contribution is 0.103. The molecule has 1 aromatic heterocycles. The van der Waals surface area contributed by atoms with Crippen LogP contribution in [0.25, 0.3) is 10.6 Å². The first-order chi connectivity index (χ1) is 9.75. The number of hydrogen-bond acceptors (Lipinski definition) is 3. The number of thiazole rings is 1. The molecule has 0 aliphatic heterocycles. The minimum Gasteiger partial charge on any atom is -0.287 e. The third-order valence-corrected chi connectivity index (χ3v) is 3.77. The van der Waals surface area contributed by atoms with Crippen LogP contribution in [-0.2, 0) is 0 Å². The minimum absolute atomic E-state index is 0.0532. The Morgan fingerprint density at radius 1 is 1.00 bits per heavy atom. The van der Waals surface area contributed by atoms with Crippen molar-refractivity contribution in [3.05, 3.63) is 77.1 Å². The van der Waals surface area contributed by atoms with Crippen LogP contribution in [0.15, 0.2) is 60.0 Å². The van der Waals surface area contributed by atoms with Crippen LogP contribution >= 0.6 is 11.3 Å². The van der Waals surface area contributed by atoms with Crippen molar-refractivity contribution in [3.63, 3.8) is 0 Å². The summed E-state index contributed by atoms with van der Waals surface area (Å²) in [6.07, 6.45) is 0. The van der Waals surface area contributed by atoms with Crippen LogP contribution in [0.1, 0.15) is 16.1 Å². The summed E-state index contributed by atoms with van der Waals surface area (Å²) < 4.78 is 13.6. The van der Waals surface area contributed by atoms with Gasteiger partial charge < -0.3 is 0 Å². The maximum Gasteiger partial charge on any atom is 0.215 e. The second kappa shape index (κ2) is 5.35. The van der Waals surface area contributed by atoms with Crippen LogP contribution in [0.5, 0.6) is 0 Å². The second-order valence-electron chi connectivity index (χ2n) is 4.21. The van der Waals surface area contributed by atoms with Crippen molar-refractivity contribution in [2.45, 2.75) is 0 Å². The molecule has 0 aliphatic carbocycles. The molecule has 98 valence electrons. The van der Waals surface area contributed by atoms with Gasteiger partial charge in [0.25, 0.3) is 0 Å². The Morgan fingerprint density at radius 2 is 1.70 bits per heavy atom. The zero-order chi connectivity index (χ0) is 13.9. The maximum absolute atomic E-state index is 13.6. The van der Waals surface area contributed by atoms with E-state index in [4.69, 9.17) is 0 Å². The van der Waals surface area contributed by atoms with E-state index in [0.29, 0.717) is 0 Å². The fourth-order valence-corrected chi connectivity index (χ4v) is 2.68. The van der Waals surface area contributed by atoms with Crippen molar-refractivity contribution in [1.82, 2.24) is 4.98 Å². The number of carbonyl (C=O) groups excluding carboxylic acids is 1. The number of rotatable bonds is 3. The molecule has 0 amide bonds. The van der Waals surface area contributed by atoms with E-state index in [1.54, 1.807) is 17.5 Å². The van der Waals surface area contributed by atoms with Gasteiger partial charge in [0.15, 0.2) is 0 Å². The van der Waals surface area contributed by atoms with E-state index in [9.17, 15) is 9.18 Å². The van der Waals surface area contributed by atoms with Crippen molar-refractivity contribution < 1.29 is 9.18 Å². The topological polar surface area (TPSA) is 30.0 Å². The number of nitrogens with zero attached hydrogens (tertiary/aromatic N) is 1. The number of carbonyl (C=O) groups is 1. The Balaban J connectivity index is 1.95. The van der Waals surface area contributed by atoms with Crippen LogP contribution in [-0.4, -0.2) is 10.8 Å². The fraction of sp³-hybridized carbons (Fsp3) is 0. The van der Waals surface area contributed by atoms with Crippen LogP contribution in [0.2, 0.25) is 0 Å². The van der Waals surface area contributed by atoms with E-state index in [-0.39, 0.29) is 17.0 Å². The molecule has 0 fully saturated rings. The predicted molar refractivity (Wildman–Crippen MR) is 77.4 cm³/mol. The van der Waals surface area contributed by atoms with Crippen molar-refractivity contribution >= 4 is 17.1 Å². The highest BCUT2D eigenvalue weighted by molar-refractivity contribution is 7.13. The van der Waals surface area contributed by atoms with E-state index in [1.165, 1.54) is 23.5 Å². The highest BCUT2D eigenvalue weighted by Crippen LogP contribution is 2.24. The largest absolute Gasteiger partial charge is 0.287 e. The average Bonchev–Trinajstić information content (AvgIpc) is 2.98. The molecule has 0 unspecified atom stereocenters. The second-order valence-corrected chi connectivity index (χ2v) is 5.07. The average molecular weight is 283 g/mol. The molecule has 0 saturated carbocycles. The Hall–Kier alpha value is -2.33. The molecule has 3 rings (SSSR count). The first-order valence-corrected chi connectivity index (χ1v) is 6.94. The lowest BCUT2D eigenvalue weighted by Gasteiger charge is -1.99. The van der Waals surface area contributed by atoms with Gasteiger partial charge in [-0.1, -0.05) is 42.5 Å². The van der Waals surface area contributed by atoms with Gasteiger partial charge in [-0.3, -0.25) is 4.79 Å². The molecule has 3 aromatic rings. The van der Waals surface area contributed by atoms with Crippen molar-refractivity contribution in [3.8, 4) is 10.6 Å². The highest BCUT2D eigenvalue weighted by Gasteiger charge is 2.16. The molecule has 2 aromatic carbocycles. The maximum atomic E-state index is 13.6. The summed E-state index contributed by atoms with van der Waals surface area (Å²) in [6.45, 7) is 0. The Kier molecular flexibility index (Phi) is 3.39. The summed E-state index contributed by atoms with van der Waals surface area (Å²) in [7, 11) is 0. The third kappa shape index (κ3) is 2.38. The van der Waals surface area contributed by atoms with Gasteiger partial charge in [0.2, 0.25) is 5.78 Å². The quantitative estimate of drug-likeness (QED) is 0.675. The van der Waals surface area contributed by atoms with Crippen molar-refractivity contribution in [2.75, 3.05) is 0 Å². The van der Waals surface area contributed by atoms with Gasteiger partial charge in [-0.15, -0.1) is 11.3 Å². The molecule has 4 heteroatoms. The van der Waals surface area contributed by atoms with Crippen molar-refractivity contribution in [2.24, 2.45) is 0 Å². The summed E-state index contributed by atoms with van der Waals surface area (Å²) in [6, 6.07) is 15.5. The number of halogens is 1. The summed E-state index contributed by atoms with van der Waals surface area (Å²) in [5, 5.41) is 2.42. The summed E-state index contributed by atoms with van der Waals surface area (Å²) in [5.41, 5.74) is 1.28. The van der Waals surface area contributed by atoms with E-state index in [2.05, 4.69) is 4.98 Å². The number of benzene rings is 2. The van der Waals surface area contributed by atoms with Crippen LogP contribution in [0, 0.1) is 5.82 Å². The summed E-state index contributed by atoms with van der Waals surface area (Å²) >= 11 is 1.38. The highest BCUT2D eigenvalue weighted by atomic mass is 32.1. The van der Waals surface area contributed by atoms with E-state index in [0.717, 1.165) is 10.6 Å². The van der Waals surface area contributed by atoms with Crippen molar-refractivity contribution in [1.29, 1.82) is 0 Å². The number of ketones is 1. The smallest absolute Gasteiger partial charge is 0.215 e. The lowest BCUT2D eigenvalue weighted by atomic mass is 10.1. The zero-order valence-electron chi connectivity index (χ0n) is 10.4. The molecule has 1 heterocycles. The zero-order valence-corrected chi connectivity index (χ0v) is 11.2. The van der Waals surface area contributed by atoms with Gasteiger partial charge in [0.1, 0.15) is 16.5 Å². The fourth-order valence-electron chi connectivity index (χ4n) is 1.87. The standard InChI is InChI=1S/C16H10FNOS/c17-13-9-5-4-8-12(13)15(19)14-10-20-16(18-14)11-6-2-1-3-7-11/h1-10H. The van der Waals surface area contributed by atoms with E-state index >= 15 is 0 Å². The molecule has 20 heavy (non-hydrogen) atoms. The summed E-state index contributed by atoms with van der Waals surface area (Å²) in [4.78, 5) is 16.5. The molecule has 0 bridgehead atoms.